The predicted octanol–water partition coefficient (Wildman–Crippen LogP) is 0.984. The third-order valence-electron chi connectivity index (χ3n) is 0.775. The zero-order valence-electron chi connectivity index (χ0n) is 6.52. The maximum absolute atomic E-state index is 11.4. The van der Waals surface area contributed by atoms with Crippen molar-refractivity contribution in [1.82, 2.24) is 0 Å². The molecule has 0 atom stereocenters. The molecule has 0 bridgehead atoms. The maximum Gasteiger partial charge on any atom is 0.492 e. The number of carbonyl (C=O) groups excluding carboxylic acids is 1. The molecule has 0 radical (unpaired) electrons. The van der Waals surface area contributed by atoms with E-state index in [0.29, 0.717) is 0 Å². The number of carbonyl (C=O) groups is 1. The molecular weight excluding hydrogens is 258 g/mol. The van der Waals surface area contributed by atoms with Gasteiger partial charge in [-0.15, -0.1) is 0 Å². The smallest absolute Gasteiger partial charge is 0.338 e. The standard InChI is InChI=1S/C4H2F6O4S/c5-3(6,7)1-15(12,13)14-2(11)4(8,9)10/h1H2. The summed E-state index contributed by atoms with van der Waals surface area (Å²) in [5.74, 6) is -5.88. The van der Waals surface area contributed by atoms with Crippen LogP contribution >= 0.6 is 0 Å². The number of hydrogen-bond donors (Lipinski definition) is 0. The van der Waals surface area contributed by atoms with E-state index in [-0.39, 0.29) is 0 Å². The van der Waals surface area contributed by atoms with Crippen LogP contribution in [0.1, 0.15) is 0 Å². The fourth-order valence-corrected chi connectivity index (χ4v) is 1.18. The van der Waals surface area contributed by atoms with E-state index < -0.39 is 34.2 Å². The molecular formula is C4H2F6O4S. The quantitative estimate of drug-likeness (QED) is 0.548. The zero-order chi connectivity index (χ0) is 12.5. The van der Waals surface area contributed by atoms with E-state index in [1.807, 2.05) is 0 Å². The molecule has 0 aliphatic rings. The van der Waals surface area contributed by atoms with Crippen LogP contribution in [0.5, 0.6) is 0 Å². The third kappa shape index (κ3) is 6.14. The molecule has 0 aliphatic heterocycles. The van der Waals surface area contributed by atoms with Gasteiger partial charge in [0.25, 0.3) is 0 Å². The second-order valence-electron chi connectivity index (χ2n) is 2.19. The van der Waals surface area contributed by atoms with Gasteiger partial charge in [0, 0.05) is 0 Å². The third-order valence-corrected chi connectivity index (χ3v) is 1.86. The fourth-order valence-electron chi connectivity index (χ4n) is 0.392. The molecule has 0 rings (SSSR count). The first-order valence-corrected chi connectivity index (χ1v) is 4.51. The highest BCUT2D eigenvalue weighted by atomic mass is 32.2. The summed E-state index contributed by atoms with van der Waals surface area (Å²) in [5, 5.41) is 0. The molecule has 0 unspecified atom stereocenters. The van der Waals surface area contributed by atoms with Crippen molar-refractivity contribution >= 4 is 16.1 Å². The van der Waals surface area contributed by atoms with Crippen LogP contribution < -0.4 is 0 Å². The lowest BCUT2D eigenvalue weighted by Crippen LogP contribution is -2.32. The van der Waals surface area contributed by atoms with Crippen LogP contribution in [0.25, 0.3) is 0 Å². The lowest BCUT2D eigenvalue weighted by Gasteiger charge is -2.09. The van der Waals surface area contributed by atoms with Gasteiger partial charge in [0.05, 0.1) is 0 Å². The normalized spacial score (nSPS) is 13.7. The molecule has 0 heterocycles. The Morgan fingerprint density at radius 1 is 1.07 bits per heavy atom. The van der Waals surface area contributed by atoms with Gasteiger partial charge in [-0.25, -0.2) is 4.79 Å². The first kappa shape index (κ1) is 14.0. The molecule has 90 valence electrons. The first-order chi connectivity index (χ1) is 6.33. The van der Waals surface area contributed by atoms with Gasteiger partial charge in [0.15, 0.2) is 5.75 Å². The van der Waals surface area contributed by atoms with Gasteiger partial charge in [0.2, 0.25) is 0 Å². The number of alkyl halides is 6. The van der Waals surface area contributed by atoms with Crippen LogP contribution in [0.15, 0.2) is 0 Å². The molecule has 0 aliphatic carbocycles. The second-order valence-corrected chi connectivity index (χ2v) is 3.76. The summed E-state index contributed by atoms with van der Waals surface area (Å²) in [7, 11) is -5.62. The first-order valence-electron chi connectivity index (χ1n) is 2.93. The van der Waals surface area contributed by atoms with E-state index in [4.69, 9.17) is 0 Å². The summed E-state index contributed by atoms with van der Waals surface area (Å²) in [6, 6.07) is 0. The van der Waals surface area contributed by atoms with Crippen molar-refractivity contribution in [1.29, 1.82) is 0 Å². The highest BCUT2D eigenvalue weighted by Gasteiger charge is 2.46. The minimum atomic E-state index is -5.67. The largest absolute Gasteiger partial charge is 0.492 e. The Balaban J connectivity index is 4.62. The van der Waals surface area contributed by atoms with Crippen molar-refractivity contribution in [3.8, 4) is 0 Å². The zero-order valence-corrected chi connectivity index (χ0v) is 7.33. The molecule has 0 saturated carbocycles. The summed E-state index contributed by atoms with van der Waals surface area (Å²) in [4.78, 5) is 9.87. The summed E-state index contributed by atoms with van der Waals surface area (Å²) < 4.78 is 91.7. The van der Waals surface area contributed by atoms with Crippen molar-refractivity contribution in [3.05, 3.63) is 0 Å². The van der Waals surface area contributed by atoms with Gasteiger partial charge in [-0.3, -0.25) is 0 Å². The molecule has 0 spiro atoms. The molecule has 4 nitrogen and oxygen atoms in total. The highest BCUT2D eigenvalue weighted by molar-refractivity contribution is 7.87. The number of rotatable bonds is 2. The SMILES string of the molecule is O=C(OS(=O)(=O)CC(F)(F)F)C(F)(F)F. The Hall–Kier alpha value is -1.00. The molecule has 15 heavy (non-hydrogen) atoms. The van der Waals surface area contributed by atoms with Gasteiger partial charge in [-0.2, -0.15) is 34.8 Å². The lowest BCUT2D eigenvalue weighted by atomic mass is 10.7. The predicted molar refractivity (Wildman–Crippen MR) is 32.0 cm³/mol. The fraction of sp³-hybridized carbons (Fsp3) is 0.750. The molecule has 0 fully saturated rings. The summed E-state index contributed by atoms with van der Waals surface area (Å²) in [6.07, 6.45) is -11.0. The Labute approximate surface area is 78.9 Å². The highest BCUT2D eigenvalue weighted by Crippen LogP contribution is 2.22. The second kappa shape index (κ2) is 3.87. The van der Waals surface area contributed by atoms with Gasteiger partial charge >= 0.3 is 28.4 Å². The maximum atomic E-state index is 11.4. The average molecular weight is 260 g/mol. The Morgan fingerprint density at radius 3 is 1.73 bits per heavy atom. The number of halogens is 6. The Morgan fingerprint density at radius 2 is 1.47 bits per heavy atom. The van der Waals surface area contributed by atoms with Crippen LogP contribution in [-0.4, -0.2) is 32.5 Å². The van der Waals surface area contributed by atoms with E-state index in [1.54, 1.807) is 0 Å². The van der Waals surface area contributed by atoms with Crippen molar-refractivity contribution in [2.24, 2.45) is 0 Å². The van der Waals surface area contributed by atoms with E-state index in [9.17, 15) is 39.6 Å². The van der Waals surface area contributed by atoms with E-state index >= 15 is 0 Å². The lowest BCUT2D eigenvalue weighted by molar-refractivity contribution is -0.189. The molecule has 0 aromatic heterocycles. The molecule has 11 heteroatoms. The van der Waals surface area contributed by atoms with E-state index in [2.05, 4.69) is 4.18 Å². The Bertz CT molecular complexity index is 337. The van der Waals surface area contributed by atoms with E-state index in [0.717, 1.165) is 0 Å². The van der Waals surface area contributed by atoms with Crippen LogP contribution in [0, 0.1) is 0 Å². The van der Waals surface area contributed by atoms with Crippen LogP contribution in [0.4, 0.5) is 26.3 Å². The van der Waals surface area contributed by atoms with Crippen LogP contribution in [0.3, 0.4) is 0 Å². The van der Waals surface area contributed by atoms with Crippen molar-refractivity contribution in [2.45, 2.75) is 12.4 Å². The summed E-state index contributed by atoms with van der Waals surface area (Å²) in [6.45, 7) is 0. The summed E-state index contributed by atoms with van der Waals surface area (Å²) in [5.41, 5.74) is 0. The molecule has 0 amide bonds. The van der Waals surface area contributed by atoms with Gasteiger partial charge < -0.3 is 4.18 Å². The van der Waals surface area contributed by atoms with Crippen molar-refractivity contribution < 1.29 is 43.7 Å². The van der Waals surface area contributed by atoms with Gasteiger partial charge in [-0.1, -0.05) is 0 Å². The molecule has 0 aromatic rings. The van der Waals surface area contributed by atoms with Crippen LogP contribution in [-0.2, 0) is 19.1 Å². The average Bonchev–Trinajstić information content (AvgIpc) is 1.76. The topological polar surface area (TPSA) is 60.4 Å². The summed E-state index contributed by atoms with van der Waals surface area (Å²) >= 11 is 0. The van der Waals surface area contributed by atoms with Crippen LogP contribution in [0.2, 0.25) is 0 Å². The van der Waals surface area contributed by atoms with Crippen molar-refractivity contribution in [3.63, 3.8) is 0 Å². The number of hydrogen-bond acceptors (Lipinski definition) is 4. The Kier molecular flexibility index (Phi) is 3.61. The monoisotopic (exact) mass is 260 g/mol. The molecule has 0 aromatic carbocycles. The molecule has 0 N–H and O–H groups in total. The minimum Gasteiger partial charge on any atom is -0.338 e. The van der Waals surface area contributed by atoms with E-state index in [1.165, 1.54) is 0 Å². The minimum absolute atomic E-state index is 2.66. The van der Waals surface area contributed by atoms with Gasteiger partial charge in [-0.05, 0) is 0 Å². The molecule has 0 saturated heterocycles. The van der Waals surface area contributed by atoms with Gasteiger partial charge in [0.1, 0.15) is 0 Å². The van der Waals surface area contributed by atoms with Crippen molar-refractivity contribution in [2.75, 3.05) is 5.75 Å².